The fourth-order valence-corrected chi connectivity index (χ4v) is 3.41. The van der Waals surface area contributed by atoms with Gasteiger partial charge in [0.25, 0.3) is 0 Å². The van der Waals surface area contributed by atoms with Crippen molar-refractivity contribution in [2.24, 2.45) is 0 Å². The lowest BCUT2D eigenvalue weighted by Crippen LogP contribution is -2.10. The van der Waals surface area contributed by atoms with Crippen LogP contribution in [0.15, 0.2) is 94.4 Å². The molecule has 4 heterocycles. The molecule has 1 aliphatic heterocycles. The van der Waals surface area contributed by atoms with Crippen molar-refractivity contribution in [3.8, 4) is 11.6 Å². The molecular weight excluding hydrogens is 380 g/mol. The molecule has 0 radical (unpaired) electrons. The van der Waals surface area contributed by atoms with E-state index in [4.69, 9.17) is 9.15 Å². The zero-order chi connectivity index (χ0) is 20.5. The summed E-state index contributed by atoms with van der Waals surface area (Å²) in [6.45, 7) is 0. The lowest BCUT2D eigenvalue weighted by Gasteiger charge is -2.23. The molecule has 3 aromatic heterocycles. The number of rotatable bonds is 0. The molecule has 1 unspecified atom stereocenters. The van der Waals surface area contributed by atoms with Gasteiger partial charge in [0.15, 0.2) is 0 Å². The predicted octanol–water partition coefficient (Wildman–Crippen LogP) is 4.61. The molecule has 6 nitrogen and oxygen atoms in total. The second-order valence-corrected chi connectivity index (χ2v) is 6.72. The molecule has 0 amide bonds. The minimum absolute atomic E-state index is 0.0278. The van der Waals surface area contributed by atoms with E-state index < -0.39 is 6.10 Å². The summed E-state index contributed by atoms with van der Waals surface area (Å²) in [5.74, 6) is 1.17. The van der Waals surface area contributed by atoms with Gasteiger partial charge in [-0.3, -0.25) is 4.79 Å². The average Bonchev–Trinajstić information content (AvgIpc) is 2.80. The van der Waals surface area contributed by atoms with E-state index >= 15 is 0 Å². The summed E-state index contributed by atoms with van der Waals surface area (Å²) in [6.07, 6.45) is 2.62. The maximum Gasteiger partial charge on any atom is 0.230 e. The lowest BCUT2D eigenvalue weighted by molar-refractivity contribution is 0.201. The first-order valence-corrected chi connectivity index (χ1v) is 9.39. The van der Waals surface area contributed by atoms with Gasteiger partial charge in [0.1, 0.15) is 17.4 Å². The number of nitrogens with zero attached hydrogens (tertiary/aromatic N) is 2. The van der Waals surface area contributed by atoms with Crippen LogP contribution in [0.4, 0.5) is 0 Å². The van der Waals surface area contributed by atoms with E-state index in [1.54, 1.807) is 42.7 Å². The zero-order valence-corrected chi connectivity index (χ0v) is 15.7. The van der Waals surface area contributed by atoms with Crippen molar-refractivity contribution >= 4 is 22.1 Å². The van der Waals surface area contributed by atoms with E-state index in [1.165, 1.54) is 0 Å². The molecule has 0 fully saturated rings. The van der Waals surface area contributed by atoms with Gasteiger partial charge in [-0.25, -0.2) is 9.97 Å². The summed E-state index contributed by atoms with van der Waals surface area (Å²) < 4.78 is 11.1. The van der Waals surface area contributed by atoms with Gasteiger partial charge in [0.05, 0.1) is 10.8 Å². The van der Waals surface area contributed by atoms with Crippen molar-refractivity contribution in [1.29, 1.82) is 0 Å². The van der Waals surface area contributed by atoms with Crippen molar-refractivity contribution in [3.05, 3.63) is 107 Å². The molecule has 0 saturated carbocycles. The highest BCUT2D eigenvalue weighted by Crippen LogP contribution is 2.40. The SMILES string of the molecule is O=c1c2ccccc2oc2ncccc12.OC1c2ccccc2Oc2ncccc21. The second kappa shape index (κ2) is 7.42. The molecule has 146 valence electrons. The topological polar surface area (TPSA) is 85.5 Å². The van der Waals surface area contributed by atoms with E-state index in [0.29, 0.717) is 33.7 Å². The van der Waals surface area contributed by atoms with Crippen LogP contribution in [-0.2, 0) is 0 Å². The molecule has 30 heavy (non-hydrogen) atoms. The third-order valence-corrected chi connectivity index (χ3v) is 4.87. The number of hydrogen-bond acceptors (Lipinski definition) is 6. The number of ether oxygens (including phenoxy) is 1. The number of pyridine rings is 2. The van der Waals surface area contributed by atoms with Crippen LogP contribution in [0.1, 0.15) is 17.2 Å². The number of hydrogen-bond donors (Lipinski definition) is 1. The molecule has 0 bridgehead atoms. The first-order chi connectivity index (χ1) is 14.7. The maximum absolute atomic E-state index is 12.0. The smallest absolute Gasteiger partial charge is 0.230 e. The number of aliphatic hydroxyl groups excluding tert-OH is 1. The van der Waals surface area contributed by atoms with E-state index in [9.17, 15) is 9.90 Å². The summed E-state index contributed by atoms with van der Waals surface area (Å²) in [4.78, 5) is 20.1. The Morgan fingerprint density at radius 3 is 2.40 bits per heavy atom. The quantitative estimate of drug-likeness (QED) is 0.385. The Bertz CT molecular complexity index is 1330. The summed E-state index contributed by atoms with van der Waals surface area (Å²) in [5, 5.41) is 11.2. The molecule has 1 atom stereocenters. The molecule has 6 rings (SSSR count). The van der Waals surface area contributed by atoms with Crippen molar-refractivity contribution in [1.82, 2.24) is 9.97 Å². The van der Waals surface area contributed by atoms with Gasteiger partial charge in [0, 0.05) is 23.5 Å². The van der Waals surface area contributed by atoms with Crippen molar-refractivity contribution < 1.29 is 14.3 Å². The molecule has 1 N–H and O–H groups in total. The van der Waals surface area contributed by atoms with Crippen LogP contribution in [0.25, 0.3) is 22.1 Å². The molecule has 2 aromatic carbocycles. The minimum atomic E-state index is -0.640. The van der Waals surface area contributed by atoms with Crippen molar-refractivity contribution in [2.75, 3.05) is 0 Å². The monoisotopic (exact) mass is 396 g/mol. The Kier molecular flexibility index (Phi) is 4.46. The number of aliphatic hydroxyl groups is 1. The van der Waals surface area contributed by atoms with E-state index in [2.05, 4.69) is 9.97 Å². The molecular formula is C24H16N2O4. The Balaban J connectivity index is 0.000000128. The van der Waals surface area contributed by atoms with Crippen LogP contribution in [0.3, 0.4) is 0 Å². The fraction of sp³-hybridized carbons (Fsp3) is 0.0417. The number of aromatic nitrogens is 2. The minimum Gasteiger partial charge on any atom is -0.438 e. The Labute approximate surface area is 171 Å². The van der Waals surface area contributed by atoms with E-state index in [1.807, 2.05) is 42.5 Å². The van der Waals surface area contributed by atoms with E-state index in [-0.39, 0.29) is 5.43 Å². The van der Waals surface area contributed by atoms with Crippen LogP contribution in [0.2, 0.25) is 0 Å². The molecule has 1 aliphatic rings. The predicted molar refractivity (Wildman–Crippen MR) is 113 cm³/mol. The van der Waals surface area contributed by atoms with Gasteiger partial charge in [-0.15, -0.1) is 0 Å². The lowest BCUT2D eigenvalue weighted by atomic mass is 9.99. The fourth-order valence-electron chi connectivity index (χ4n) is 3.41. The highest BCUT2D eigenvalue weighted by molar-refractivity contribution is 5.87. The average molecular weight is 396 g/mol. The Morgan fingerprint density at radius 2 is 1.47 bits per heavy atom. The van der Waals surface area contributed by atoms with Crippen LogP contribution in [-0.4, -0.2) is 15.1 Å². The summed E-state index contributed by atoms with van der Waals surface area (Å²) >= 11 is 0. The normalized spacial score (nSPS) is 14.2. The molecule has 6 heteroatoms. The Hall–Kier alpha value is -4.03. The van der Waals surface area contributed by atoms with Gasteiger partial charge in [-0.1, -0.05) is 30.3 Å². The van der Waals surface area contributed by atoms with Gasteiger partial charge >= 0.3 is 0 Å². The van der Waals surface area contributed by atoms with Crippen LogP contribution in [0, 0.1) is 0 Å². The number of fused-ring (bicyclic) bond motifs is 4. The number of para-hydroxylation sites is 2. The largest absolute Gasteiger partial charge is 0.438 e. The second-order valence-electron chi connectivity index (χ2n) is 6.72. The molecule has 0 spiro atoms. The molecule has 0 aliphatic carbocycles. The van der Waals surface area contributed by atoms with Crippen molar-refractivity contribution in [3.63, 3.8) is 0 Å². The Morgan fingerprint density at radius 1 is 0.767 bits per heavy atom. The summed E-state index contributed by atoms with van der Waals surface area (Å²) in [6, 6.07) is 21.7. The van der Waals surface area contributed by atoms with Crippen LogP contribution >= 0.6 is 0 Å². The maximum atomic E-state index is 12.0. The standard InChI is InChI=1S/C12H9NO2.C12H7NO2/c2*14-11-8-4-1-2-6-10(8)15-12-9(11)5-3-7-13-12/h1-7,11,14H;1-7H. The van der Waals surface area contributed by atoms with Gasteiger partial charge in [-0.2, -0.15) is 0 Å². The molecule has 0 saturated heterocycles. The zero-order valence-electron chi connectivity index (χ0n) is 15.7. The summed E-state index contributed by atoms with van der Waals surface area (Å²) in [7, 11) is 0. The first-order valence-electron chi connectivity index (χ1n) is 9.39. The third kappa shape index (κ3) is 3.09. The van der Waals surface area contributed by atoms with Gasteiger partial charge < -0.3 is 14.3 Å². The summed E-state index contributed by atoms with van der Waals surface area (Å²) in [5.41, 5.74) is 2.45. The first kappa shape index (κ1) is 18.0. The van der Waals surface area contributed by atoms with Gasteiger partial charge in [0.2, 0.25) is 17.0 Å². The van der Waals surface area contributed by atoms with E-state index in [0.717, 1.165) is 11.1 Å². The van der Waals surface area contributed by atoms with Crippen LogP contribution in [0.5, 0.6) is 11.6 Å². The highest BCUT2D eigenvalue weighted by atomic mass is 16.5. The number of benzene rings is 2. The van der Waals surface area contributed by atoms with Crippen molar-refractivity contribution in [2.45, 2.75) is 6.10 Å². The van der Waals surface area contributed by atoms with Crippen LogP contribution < -0.4 is 10.2 Å². The highest BCUT2D eigenvalue weighted by Gasteiger charge is 2.25. The van der Waals surface area contributed by atoms with Gasteiger partial charge in [-0.05, 0) is 42.5 Å². The third-order valence-electron chi connectivity index (χ3n) is 4.87. The molecule has 5 aromatic rings.